The molecule has 0 amide bonds. The summed E-state index contributed by atoms with van der Waals surface area (Å²) in [5.74, 6) is 0. The van der Waals surface area contributed by atoms with Crippen LogP contribution in [0.4, 0.5) is 0 Å². The van der Waals surface area contributed by atoms with Crippen LogP contribution in [-0.2, 0) is 0 Å². The van der Waals surface area contributed by atoms with Crippen molar-refractivity contribution < 1.29 is 0 Å². The molecule has 0 aromatic carbocycles. The molecule has 0 fully saturated rings. The third kappa shape index (κ3) is 2.32. The van der Waals surface area contributed by atoms with Crippen molar-refractivity contribution in [3.05, 3.63) is 50.5 Å². The van der Waals surface area contributed by atoms with Crippen LogP contribution in [0.15, 0.2) is 34.1 Å². The SMILES string of the molecule is Cl.O=c1[nH]c(Cl)c(-c2cccnc2)c(=O)[nH]1. The number of hydrogen-bond acceptors (Lipinski definition) is 3. The first-order chi connectivity index (χ1) is 7.18. The molecule has 7 heteroatoms. The fraction of sp³-hybridized carbons (Fsp3) is 0. The second kappa shape index (κ2) is 4.96. The van der Waals surface area contributed by atoms with Crippen LogP contribution in [0.5, 0.6) is 0 Å². The Morgan fingerprint density at radius 2 is 2.00 bits per heavy atom. The molecule has 84 valence electrons. The topological polar surface area (TPSA) is 78.6 Å². The molecule has 0 saturated carbocycles. The summed E-state index contributed by atoms with van der Waals surface area (Å²) in [7, 11) is 0. The van der Waals surface area contributed by atoms with Crippen LogP contribution in [0.2, 0.25) is 5.15 Å². The Bertz CT molecular complexity index is 592. The number of nitrogens with one attached hydrogen (secondary N) is 2. The van der Waals surface area contributed by atoms with Crippen LogP contribution >= 0.6 is 24.0 Å². The Hall–Kier alpha value is -1.59. The zero-order valence-electron chi connectivity index (χ0n) is 7.86. The fourth-order valence-electron chi connectivity index (χ4n) is 1.23. The Kier molecular flexibility index (Phi) is 3.87. The van der Waals surface area contributed by atoms with Gasteiger partial charge in [0.15, 0.2) is 0 Å². The zero-order valence-corrected chi connectivity index (χ0v) is 9.43. The number of aromatic amines is 2. The van der Waals surface area contributed by atoms with Gasteiger partial charge in [-0.3, -0.25) is 19.7 Å². The molecule has 16 heavy (non-hydrogen) atoms. The lowest BCUT2D eigenvalue weighted by Gasteiger charge is -2.00. The van der Waals surface area contributed by atoms with Gasteiger partial charge < -0.3 is 0 Å². The van der Waals surface area contributed by atoms with Crippen LogP contribution in [-0.4, -0.2) is 15.0 Å². The van der Waals surface area contributed by atoms with Crippen molar-refractivity contribution in [2.45, 2.75) is 0 Å². The molecule has 0 radical (unpaired) electrons. The van der Waals surface area contributed by atoms with Gasteiger partial charge in [0.25, 0.3) is 5.56 Å². The minimum atomic E-state index is -0.627. The van der Waals surface area contributed by atoms with Crippen LogP contribution in [0.1, 0.15) is 0 Å². The number of hydrogen-bond donors (Lipinski definition) is 2. The van der Waals surface area contributed by atoms with Gasteiger partial charge in [-0.15, -0.1) is 12.4 Å². The van der Waals surface area contributed by atoms with E-state index in [1.165, 1.54) is 6.20 Å². The van der Waals surface area contributed by atoms with E-state index in [4.69, 9.17) is 11.6 Å². The van der Waals surface area contributed by atoms with Gasteiger partial charge in [-0.2, -0.15) is 0 Å². The highest BCUT2D eigenvalue weighted by molar-refractivity contribution is 6.31. The minimum absolute atomic E-state index is 0. The lowest BCUT2D eigenvalue weighted by molar-refractivity contribution is 1.04. The van der Waals surface area contributed by atoms with Crippen molar-refractivity contribution in [1.29, 1.82) is 0 Å². The summed E-state index contributed by atoms with van der Waals surface area (Å²) < 4.78 is 0. The minimum Gasteiger partial charge on any atom is -0.297 e. The van der Waals surface area contributed by atoms with Gasteiger partial charge in [0, 0.05) is 18.0 Å². The van der Waals surface area contributed by atoms with Crippen LogP contribution in [0, 0.1) is 0 Å². The molecule has 0 saturated heterocycles. The smallest absolute Gasteiger partial charge is 0.297 e. The van der Waals surface area contributed by atoms with Gasteiger partial charge in [-0.05, 0) is 6.07 Å². The first-order valence-electron chi connectivity index (χ1n) is 4.11. The zero-order chi connectivity index (χ0) is 10.8. The highest BCUT2D eigenvalue weighted by Gasteiger charge is 2.09. The first-order valence-corrected chi connectivity index (χ1v) is 4.49. The van der Waals surface area contributed by atoms with E-state index in [0.717, 1.165) is 0 Å². The van der Waals surface area contributed by atoms with E-state index < -0.39 is 11.2 Å². The first kappa shape index (κ1) is 12.5. The molecule has 2 aromatic heterocycles. The summed E-state index contributed by atoms with van der Waals surface area (Å²) in [5, 5.41) is 0.0109. The van der Waals surface area contributed by atoms with E-state index >= 15 is 0 Å². The maximum atomic E-state index is 11.5. The van der Waals surface area contributed by atoms with E-state index in [1.807, 2.05) is 0 Å². The number of aromatic nitrogens is 3. The maximum absolute atomic E-state index is 11.5. The summed E-state index contributed by atoms with van der Waals surface area (Å²) in [6.45, 7) is 0. The molecule has 2 aromatic rings. The Morgan fingerprint density at radius 1 is 1.25 bits per heavy atom. The average molecular weight is 260 g/mol. The van der Waals surface area contributed by atoms with Crippen molar-refractivity contribution in [2.75, 3.05) is 0 Å². The van der Waals surface area contributed by atoms with Gasteiger partial charge in [0.2, 0.25) is 0 Å². The standard InChI is InChI=1S/C9H6ClN3O2.ClH/c10-7-6(5-2-1-3-11-4-5)8(14)13-9(15)12-7;/h1-4H,(H2,12,13,14,15);1H. The van der Waals surface area contributed by atoms with Crippen molar-refractivity contribution in [3.8, 4) is 11.1 Å². The Labute approximate surface area is 101 Å². The van der Waals surface area contributed by atoms with Crippen molar-refractivity contribution >= 4 is 24.0 Å². The van der Waals surface area contributed by atoms with Crippen LogP contribution < -0.4 is 11.2 Å². The van der Waals surface area contributed by atoms with E-state index in [9.17, 15) is 9.59 Å². The van der Waals surface area contributed by atoms with Gasteiger partial charge in [-0.1, -0.05) is 17.7 Å². The lowest BCUT2D eigenvalue weighted by atomic mass is 10.1. The van der Waals surface area contributed by atoms with E-state index in [2.05, 4.69) is 15.0 Å². The molecule has 0 aliphatic heterocycles. The molecule has 0 aliphatic carbocycles. The van der Waals surface area contributed by atoms with Gasteiger partial charge in [0.1, 0.15) is 5.15 Å². The van der Waals surface area contributed by atoms with Crippen LogP contribution in [0.25, 0.3) is 11.1 Å². The Morgan fingerprint density at radius 3 is 2.56 bits per heavy atom. The molecule has 0 spiro atoms. The normalized spacial score (nSPS) is 9.56. The fourth-order valence-corrected chi connectivity index (χ4v) is 1.51. The molecule has 0 aliphatic rings. The van der Waals surface area contributed by atoms with Crippen molar-refractivity contribution in [3.63, 3.8) is 0 Å². The molecule has 2 N–H and O–H groups in total. The number of H-pyrrole nitrogens is 2. The highest BCUT2D eigenvalue weighted by atomic mass is 35.5. The van der Waals surface area contributed by atoms with Crippen molar-refractivity contribution in [2.24, 2.45) is 0 Å². The molecule has 0 unspecified atom stereocenters. The largest absolute Gasteiger partial charge is 0.326 e. The van der Waals surface area contributed by atoms with E-state index in [-0.39, 0.29) is 23.1 Å². The molecule has 0 atom stereocenters. The quantitative estimate of drug-likeness (QED) is 0.756. The van der Waals surface area contributed by atoms with Crippen LogP contribution in [0.3, 0.4) is 0 Å². The second-order valence-corrected chi connectivity index (χ2v) is 3.22. The average Bonchev–Trinajstić information content (AvgIpc) is 2.17. The molecule has 2 rings (SSSR count). The van der Waals surface area contributed by atoms with Gasteiger partial charge in [0.05, 0.1) is 5.56 Å². The van der Waals surface area contributed by atoms with Gasteiger partial charge >= 0.3 is 5.69 Å². The van der Waals surface area contributed by atoms with E-state index in [1.54, 1.807) is 18.3 Å². The molecular weight excluding hydrogens is 253 g/mol. The van der Waals surface area contributed by atoms with E-state index in [0.29, 0.717) is 5.56 Å². The van der Waals surface area contributed by atoms with Gasteiger partial charge in [-0.25, -0.2) is 4.79 Å². The Balaban J connectivity index is 0.00000128. The number of halogens is 2. The third-order valence-corrected chi connectivity index (χ3v) is 2.13. The molecule has 5 nitrogen and oxygen atoms in total. The summed E-state index contributed by atoms with van der Waals surface area (Å²) in [5.41, 5.74) is -0.390. The lowest BCUT2D eigenvalue weighted by Crippen LogP contribution is -2.23. The second-order valence-electron chi connectivity index (χ2n) is 2.84. The predicted octanol–water partition coefficient (Wildman–Crippen LogP) is 1.20. The summed E-state index contributed by atoms with van der Waals surface area (Å²) in [4.78, 5) is 30.6. The maximum Gasteiger partial charge on any atom is 0.326 e. The summed E-state index contributed by atoms with van der Waals surface area (Å²) in [6, 6.07) is 3.36. The molecular formula is C9H7Cl2N3O2. The molecule has 0 bridgehead atoms. The number of nitrogens with zero attached hydrogens (tertiary/aromatic N) is 1. The van der Waals surface area contributed by atoms with Crippen molar-refractivity contribution in [1.82, 2.24) is 15.0 Å². The third-order valence-electron chi connectivity index (χ3n) is 1.85. The molecule has 2 heterocycles. The number of rotatable bonds is 1. The summed E-state index contributed by atoms with van der Waals surface area (Å²) >= 11 is 5.77. The highest BCUT2D eigenvalue weighted by Crippen LogP contribution is 2.19. The summed E-state index contributed by atoms with van der Waals surface area (Å²) in [6.07, 6.45) is 3.08. The predicted molar refractivity (Wildman–Crippen MR) is 63.2 cm³/mol. The monoisotopic (exact) mass is 259 g/mol. The number of pyridine rings is 1.